The van der Waals surface area contributed by atoms with Crippen LogP contribution < -0.4 is 5.32 Å². The van der Waals surface area contributed by atoms with Gasteiger partial charge in [0.15, 0.2) is 0 Å². The molecule has 0 spiro atoms. The van der Waals surface area contributed by atoms with Gasteiger partial charge in [0, 0.05) is 31.1 Å². The summed E-state index contributed by atoms with van der Waals surface area (Å²) in [6.45, 7) is 8.37. The van der Waals surface area contributed by atoms with E-state index in [1.807, 2.05) is 0 Å². The first kappa shape index (κ1) is 13.8. The van der Waals surface area contributed by atoms with Crippen molar-refractivity contribution < 1.29 is 9.47 Å². The van der Waals surface area contributed by atoms with Gasteiger partial charge in [-0.05, 0) is 32.2 Å². The molecule has 0 radical (unpaired) electrons. The molecule has 0 bridgehead atoms. The van der Waals surface area contributed by atoms with E-state index in [1.165, 1.54) is 32.2 Å². The van der Waals surface area contributed by atoms with Gasteiger partial charge in [-0.1, -0.05) is 6.92 Å². The highest BCUT2D eigenvalue weighted by atomic mass is 16.5. The maximum Gasteiger partial charge on any atom is 0.0730 e. The van der Waals surface area contributed by atoms with E-state index in [-0.39, 0.29) is 0 Å². The van der Waals surface area contributed by atoms with E-state index >= 15 is 0 Å². The summed E-state index contributed by atoms with van der Waals surface area (Å²) in [6.07, 6.45) is 5.64. The van der Waals surface area contributed by atoms with E-state index < -0.39 is 0 Å². The van der Waals surface area contributed by atoms with Crippen LogP contribution in [-0.2, 0) is 9.47 Å². The van der Waals surface area contributed by atoms with Crippen molar-refractivity contribution >= 4 is 0 Å². The monoisotopic (exact) mass is 268 g/mol. The predicted octanol–water partition coefficient (Wildman–Crippen LogP) is 1.25. The van der Waals surface area contributed by atoms with E-state index in [9.17, 15) is 0 Å². The molecule has 2 heterocycles. The van der Waals surface area contributed by atoms with E-state index in [0.29, 0.717) is 24.1 Å². The summed E-state index contributed by atoms with van der Waals surface area (Å²) < 4.78 is 11.6. The zero-order valence-corrected chi connectivity index (χ0v) is 12.1. The number of rotatable bonds is 5. The van der Waals surface area contributed by atoms with Gasteiger partial charge in [-0.25, -0.2) is 0 Å². The van der Waals surface area contributed by atoms with Gasteiger partial charge in [0.05, 0.1) is 25.9 Å². The van der Waals surface area contributed by atoms with E-state index in [4.69, 9.17) is 9.47 Å². The fourth-order valence-corrected chi connectivity index (χ4v) is 3.87. The summed E-state index contributed by atoms with van der Waals surface area (Å²) in [6, 6.07) is 1.24. The minimum Gasteiger partial charge on any atom is -0.379 e. The Morgan fingerprint density at radius 3 is 3.11 bits per heavy atom. The third-order valence-corrected chi connectivity index (χ3v) is 4.92. The molecule has 4 atom stereocenters. The van der Waals surface area contributed by atoms with Crippen LogP contribution in [0.25, 0.3) is 0 Å². The fourth-order valence-electron chi connectivity index (χ4n) is 3.87. The Balaban J connectivity index is 1.54. The number of nitrogens with zero attached hydrogens (tertiary/aromatic N) is 1. The molecule has 3 aliphatic rings. The molecule has 2 saturated heterocycles. The molecule has 1 N–H and O–H groups in total. The highest BCUT2D eigenvalue weighted by molar-refractivity contribution is 4.92. The Kier molecular flexibility index (Phi) is 4.74. The molecular formula is C15H28N2O2. The molecule has 4 unspecified atom stereocenters. The molecule has 1 aliphatic carbocycles. The smallest absolute Gasteiger partial charge is 0.0730 e. The Morgan fingerprint density at radius 2 is 2.21 bits per heavy atom. The van der Waals surface area contributed by atoms with Crippen LogP contribution in [-0.4, -0.2) is 62.5 Å². The van der Waals surface area contributed by atoms with Gasteiger partial charge < -0.3 is 14.8 Å². The van der Waals surface area contributed by atoms with Crippen molar-refractivity contribution in [2.75, 3.05) is 39.5 Å². The number of fused-ring (bicyclic) bond motifs is 1. The molecule has 19 heavy (non-hydrogen) atoms. The zero-order chi connectivity index (χ0) is 13.1. The third kappa shape index (κ3) is 3.13. The highest BCUT2D eigenvalue weighted by Gasteiger charge is 2.38. The predicted molar refractivity (Wildman–Crippen MR) is 75.3 cm³/mol. The van der Waals surface area contributed by atoms with Gasteiger partial charge in [-0.2, -0.15) is 0 Å². The first-order chi connectivity index (χ1) is 9.38. The lowest BCUT2D eigenvalue weighted by Gasteiger charge is -2.39. The normalized spacial score (nSPS) is 39.6. The molecule has 4 nitrogen and oxygen atoms in total. The fraction of sp³-hybridized carbons (Fsp3) is 1.00. The van der Waals surface area contributed by atoms with Crippen molar-refractivity contribution in [1.29, 1.82) is 0 Å². The van der Waals surface area contributed by atoms with Crippen LogP contribution in [0.5, 0.6) is 0 Å². The van der Waals surface area contributed by atoms with E-state index in [0.717, 1.165) is 32.9 Å². The van der Waals surface area contributed by atoms with Crippen LogP contribution in [0.1, 0.15) is 32.6 Å². The number of nitrogens with one attached hydrogen (secondary N) is 1. The van der Waals surface area contributed by atoms with Gasteiger partial charge in [0.1, 0.15) is 0 Å². The van der Waals surface area contributed by atoms with Crippen LogP contribution in [0, 0.1) is 5.92 Å². The van der Waals surface area contributed by atoms with Crippen molar-refractivity contribution in [2.45, 2.75) is 50.8 Å². The molecular weight excluding hydrogens is 240 g/mol. The maximum absolute atomic E-state index is 5.90. The molecule has 0 aromatic carbocycles. The van der Waals surface area contributed by atoms with Gasteiger partial charge >= 0.3 is 0 Å². The van der Waals surface area contributed by atoms with Crippen molar-refractivity contribution in [1.82, 2.24) is 10.2 Å². The molecule has 0 aromatic heterocycles. The second-order valence-electron chi connectivity index (χ2n) is 6.26. The minimum atomic E-state index is 0.512. The van der Waals surface area contributed by atoms with Crippen LogP contribution in [0.3, 0.4) is 0 Å². The Labute approximate surface area is 116 Å². The topological polar surface area (TPSA) is 33.7 Å². The molecule has 2 aliphatic heterocycles. The first-order valence-corrected chi connectivity index (χ1v) is 8.05. The summed E-state index contributed by atoms with van der Waals surface area (Å²) in [7, 11) is 0. The lowest BCUT2D eigenvalue weighted by Crippen LogP contribution is -2.52. The Hall–Kier alpha value is -0.160. The van der Waals surface area contributed by atoms with Crippen LogP contribution >= 0.6 is 0 Å². The van der Waals surface area contributed by atoms with Crippen molar-refractivity contribution in [3.63, 3.8) is 0 Å². The Morgan fingerprint density at radius 1 is 1.26 bits per heavy atom. The summed E-state index contributed by atoms with van der Waals surface area (Å²) in [5.41, 5.74) is 0. The van der Waals surface area contributed by atoms with Crippen molar-refractivity contribution in [3.8, 4) is 0 Å². The number of hydrogen-bond donors (Lipinski definition) is 1. The van der Waals surface area contributed by atoms with Gasteiger partial charge in [-0.3, -0.25) is 4.90 Å². The number of morpholine rings is 1. The molecule has 1 saturated carbocycles. The van der Waals surface area contributed by atoms with Gasteiger partial charge in [0.25, 0.3) is 0 Å². The maximum atomic E-state index is 5.90. The molecule has 0 amide bonds. The molecule has 3 fully saturated rings. The average molecular weight is 268 g/mol. The highest BCUT2D eigenvalue weighted by Crippen LogP contribution is 2.31. The molecule has 110 valence electrons. The van der Waals surface area contributed by atoms with Gasteiger partial charge in [0.2, 0.25) is 0 Å². The third-order valence-electron chi connectivity index (χ3n) is 4.92. The first-order valence-electron chi connectivity index (χ1n) is 8.05. The van der Waals surface area contributed by atoms with E-state index in [2.05, 4.69) is 17.1 Å². The summed E-state index contributed by atoms with van der Waals surface area (Å²) >= 11 is 0. The largest absolute Gasteiger partial charge is 0.379 e. The molecule has 3 rings (SSSR count). The summed E-state index contributed by atoms with van der Waals surface area (Å²) in [5, 5.41) is 3.65. The van der Waals surface area contributed by atoms with E-state index in [1.54, 1.807) is 0 Å². The summed E-state index contributed by atoms with van der Waals surface area (Å²) in [5.74, 6) is 0.658. The van der Waals surface area contributed by atoms with Crippen LogP contribution in [0.15, 0.2) is 0 Å². The van der Waals surface area contributed by atoms with Crippen molar-refractivity contribution in [3.05, 3.63) is 0 Å². The molecule has 0 aromatic rings. The standard InChI is InChI=1S/C15H28N2O2/c1-2-6-16-13-11-18-10-12(13)9-17-7-8-19-15-5-3-4-14(15)17/h12-16H,2-11H2,1H3. The molecule has 4 heteroatoms. The lowest BCUT2D eigenvalue weighted by atomic mass is 10.0. The lowest BCUT2D eigenvalue weighted by molar-refractivity contribution is -0.0610. The van der Waals surface area contributed by atoms with Crippen LogP contribution in [0.2, 0.25) is 0 Å². The van der Waals surface area contributed by atoms with Crippen LogP contribution in [0.4, 0.5) is 0 Å². The quantitative estimate of drug-likeness (QED) is 0.814. The second kappa shape index (κ2) is 6.53. The zero-order valence-electron chi connectivity index (χ0n) is 12.1. The number of hydrogen-bond acceptors (Lipinski definition) is 4. The minimum absolute atomic E-state index is 0.512. The Bertz CT molecular complexity index is 287. The number of ether oxygens (including phenoxy) is 2. The van der Waals surface area contributed by atoms with Crippen molar-refractivity contribution in [2.24, 2.45) is 5.92 Å². The average Bonchev–Trinajstić information content (AvgIpc) is 3.05. The van der Waals surface area contributed by atoms with Gasteiger partial charge in [-0.15, -0.1) is 0 Å². The summed E-state index contributed by atoms with van der Waals surface area (Å²) in [4.78, 5) is 2.68. The SMILES string of the molecule is CCCNC1COCC1CN1CCOC2CCCC21. The second-order valence-corrected chi connectivity index (χ2v) is 6.26.